The highest BCUT2D eigenvalue weighted by Crippen LogP contribution is 2.31. The summed E-state index contributed by atoms with van der Waals surface area (Å²) in [6.07, 6.45) is 2.89. The molecule has 0 spiro atoms. The van der Waals surface area contributed by atoms with E-state index in [2.05, 4.69) is 10.6 Å². The summed E-state index contributed by atoms with van der Waals surface area (Å²) in [5, 5.41) is 5.87. The van der Waals surface area contributed by atoms with E-state index in [-0.39, 0.29) is 46.8 Å². The first-order chi connectivity index (χ1) is 19.0. The standard InChI is InChI=1S/C33H39FN2O4/c1-6-7-9-18-29(37)40-24-19-20-26(27(21-24)25-16-12-13-17-28(25)34)31(38)36-30(33(3,4)5)32(39)35-22(2)23-14-10-8-11-15-23/h8,10-17,19-22,30H,6-7,9,18H2,1-5H3,(H,35,39)(H,36,38)/t22-,30-/m1/s1. The summed E-state index contributed by atoms with van der Waals surface area (Å²) in [6, 6.07) is 19.0. The molecule has 0 fully saturated rings. The molecule has 3 rings (SSSR count). The van der Waals surface area contributed by atoms with Crippen molar-refractivity contribution in [2.75, 3.05) is 0 Å². The normalized spacial score (nSPS) is 12.8. The second kappa shape index (κ2) is 13.9. The third-order valence-electron chi connectivity index (χ3n) is 6.68. The molecule has 212 valence electrons. The Morgan fingerprint density at radius 2 is 1.55 bits per heavy atom. The number of benzene rings is 3. The fourth-order valence-electron chi connectivity index (χ4n) is 4.40. The van der Waals surface area contributed by atoms with Gasteiger partial charge in [0.1, 0.15) is 17.6 Å². The van der Waals surface area contributed by atoms with Gasteiger partial charge in [-0.3, -0.25) is 14.4 Å². The van der Waals surface area contributed by atoms with Gasteiger partial charge in [-0.05, 0) is 48.6 Å². The molecule has 2 amide bonds. The van der Waals surface area contributed by atoms with E-state index < -0.39 is 23.2 Å². The summed E-state index contributed by atoms with van der Waals surface area (Å²) in [7, 11) is 0. The minimum Gasteiger partial charge on any atom is -0.427 e. The van der Waals surface area contributed by atoms with Gasteiger partial charge < -0.3 is 15.4 Å². The predicted molar refractivity (Wildman–Crippen MR) is 155 cm³/mol. The summed E-state index contributed by atoms with van der Waals surface area (Å²) in [5.41, 5.74) is 0.930. The van der Waals surface area contributed by atoms with Gasteiger partial charge in [-0.2, -0.15) is 0 Å². The SMILES string of the molecule is CCCCCC(=O)Oc1ccc(C(=O)N[C@H](C(=O)N[C@H](C)c2ccccc2)C(C)(C)C)c(-c2ccccc2F)c1. The minimum absolute atomic E-state index is 0.161. The summed E-state index contributed by atoms with van der Waals surface area (Å²) in [5.74, 6) is -1.56. The molecule has 0 bridgehead atoms. The largest absolute Gasteiger partial charge is 0.427 e. The quantitative estimate of drug-likeness (QED) is 0.154. The van der Waals surface area contributed by atoms with Gasteiger partial charge in [-0.25, -0.2) is 4.39 Å². The van der Waals surface area contributed by atoms with E-state index in [9.17, 15) is 18.8 Å². The van der Waals surface area contributed by atoms with Crippen LogP contribution < -0.4 is 15.4 Å². The fourth-order valence-corrected chi connectivity index (χ4v) is 4.40. The first-order valence-electron chi connectivity index (χ1n) is 13.8. The molecule has 0 aromatic heterocycles. The van der Waals surface area contributed by atoms with Crippen LogP contribution in [0.4, 0.5) is 4.39 Å². The van der Waals surface area contributed by atoms with Crippen molar-refractivity contribution in [2.24, 2.45) is 5.41 Å². The lowest BCUT2D eigenvalue weighted by atomic mass is 9.85. The van der Waals surface area contributed by atoms with Gasteiger partial charge in [0.2, 0.25) is 5.91 Å². The molecule has 0 aliphatic carbocycles. The lowest BCUT2D eigenvalue weighted by Crippen LogP contribution is -2.54. The van der Waals surface area contributed by atoms with E-state index in [1.807, 2.05) is 65.0 Å². The van der Waals surface area contributed by atoms with Crippen LogP contribution in [0.3, 0.4) is 0 Å². The molecule has 0 saturated carbocycles. The molecule has 6 nitrogen and oxygen atoms in total. The molecule has 0 aliphatic heterocycles. The highest BCUT2D eigenvalue weighted by molar-refractivity contribution is 6.03. The van der Waals surface area contributed by atoms with Crippen molar-refractivity contribution in [3.63, 3.8) is 0 Å². The number of amides is 2. The third-order valence-corrected chi connectivity index (χ3v) is 6.68. The van der Waals surface area contributed by atoms with Crippen LogP contribution in [-0.2, 0) is 9.59 Å². The van der Waals surface area contributed by atoms with Crippen LogP contribution >= 0.6 is 0 Å². The average molecular weight is 547 g/mol. The van der Waals surface area contributed by atoms with Crippen LogP contribution in [0.1, 0.15) is 82.3 Å². The van der Waals surface area contributed by atoms with Crippen molar-refractivity contribution in [1.82, 2.24) is 10.6 Å². The molecule has 0 saturated heterocycles. The summed E-state index contributed by atoms with van der Waals surface area (Å²) in [4.78, 5) is 39.4. The first kappa shape index (κ1) is 30.5. The predicted octanol–water partition coefficient (Wildman–Crippen LogP) is 7.00. The van der Waals surface area contributed by atoms with Crippen LogP contribution in [0.2, 0.25) is 0 Å². The van der Waals surface area contributed by atoms with E-state index in [4.69, 9.17) is 4.74 Å². The number of hydrogen-bond acceptors (Lipinski definition) is 4. The average Bonchev–Trinajstić information content (AvgIpc) is 2.91. The summed E-state index contributed by atoms with van der Waals surface area (Å²) >= 11 is 0. The van der Waals surface area contributed by atoms with Gasteiger partial charge in [-0.15, -0.1) is 0 Å². The fraction of sp³-hybridized carbons (Fsp3) is 0.364. The molecule has 0 heterocycles. The smallest absolute Gasteiger partial charge is 0.311 e. The zero-order chi connectivity index (χ0) is 29.3. The Labute approximate surface area is 236 Å². The number of esters is 1. The number of hydrogen-bond donors (Lipinski definition) is 2. The number of halogens is 1. The van der Waals surface area contributed by atoms with E-state index in [0.29, 0.717) is 0 Å². The monoisotopic (exact) mass is 546 g/mol. The minimum atomic E-state index is -0.879. The molecule has 7 heteroatoms. The number of unbranched alkanes of at least 4 members (excludes halogenated alkanes) is 2. The molecule has 2 atom stereocenters. The molecular formula is C33H39FN2O4. The Morgan fingerprint density at radius 1 is 0.875 bits per heavy atom. The highest BCUT2D eigenvalue weighted by Gasteiger charge is 2.34. The van der Waals surface area contributed by atoms with Gasteiger partial charge in [0, 0.05) is 23.1 Å². The molecule has 40 heavy (non-hydrogen) atoms. The van der Waals surface area contributed by atoms with Gasteiger partial charge in [0.05, 0.1) is 6.04 Å². The van der Waals surface area contributed by atoms with Crippen molar-refractivity contribution in [3.05, 3.63) is 89.7 Å². The molecule has 0 unspecified atom stereocenters. The lowest BCUT2D eigenvalue weighted by Gasteiger charge is -2.31. The second-order valence-electron chi connectivity index (χ2n) is 11.0. The van der Waals surface area contributed by atoms with Crippen molar-refractivity contribution in [2.45, 2.75) is 72.4 Å². The second-order valence-corrected chi connectivity index (χ2v) is 11.0. The van der Waals surface area contributed by atoms with Crippen molar-refractivity contribution >= 4 is 17.8 Å². The van der Waals surface area contributed by atoms with Crippen molar-refractivity contribution in [3.8, 4) is 16.9 Å². The molecule has 0 aliphatic rings. The van der Waals surface area contributed by atoms with Crippen LogP contribution in [-0.4, -0.2) is 23.8 Å². The zero-order valence-electron chi connectivity index (χ0n) is 23.9. The van der Waals surface area contributed by atoms with Crippen LogP contribution in [0.5, 0.6) is 5.75 Å². The van der Waals surface area contributed by atoms with Gasteiger partial charge in [0.15, 0.2) is 0 Å². The highest BCUT2D eigenvalue weighted by atomic mass is 19.1. The van der Waals surface area contributed by atoms with Crippen molar-refractivity contribution < 1.29 is 23.5 Å². The Bertz CT molecular complexity index is 1320. The van der Waals surface area contributed by atoms with Crippen molar-refractivity contribution in [1.29, 1.82) is 0 Å². The Morgan fingerprint density at radius 3 is 2.20 bits per heavy atom. The van der Waals surface area contributed by atoms with E-state index in [1.165, 1.54) is 24.3 Å². The molecule has 0 radical (unpaired) electrons. The molecular weight excluding hydrogens is 507 g/mol. The number of nitrogens with one attached hydrogen (secondary N) is 2. The maximum absolute atomic E-state index is 14.9. The maximum Gasteiger partial charge on any atom is 0.311 e. The van der Waals surface area contributed by atoms with Gasteiger partial charge in [0.25, 0.3) is 5.91 Å². The van der Waals surface area contributed by atoms with Crippen LogP contribution in [0.25, 0.3) is 11.1 Å². The van der Waals surface area contributed by atoms with Gasteiger partial charge >= 0.3 is 5.97 Å². The molecule has 3 aromatic rings. The summed E-state index contributed by atoms with van der Waals surface area (Å²) < 4.78 is 20.4. The number of carbonyl (C=O) groups excluding carboxylic acids is 3. The first-order valence-corrected chi connectivity index (χ1v) is 13.8. The molecule has 3 aromatic carbocycles. The Balaban J connectivity index is 1.90. The Hall–Kier alpha value is -4.00. The lowest BCUT2D eigenvalue weighted by molar-refractivity contribution is -0.134. The molecule has 2 N–H and O–H groups in total. The van der Waals surface area contributed by atoms with Crippen LogP contribution in [0.15, 0.2) is 72.8 Å². The van der Waals surface area contributed by atoms with E-state index in [1.54, 1.807) is 18.2 Å². The number of rotatable bonds is 11. The number of ether oxygens (including phenoxy) is 1. The van der Waals surface area contributed by atoms with Gasteiger partial charge in [-0.1, -0.05) is 89.1 Å². The Kier molecular flexibility index (Phi) is 10.6. The summed E-state index contributed by atoms with van der Waals surface area (Å²) in [6.45, 7) is 9.53. The maximum atomic E-state index is 14.9. The topological polar surface area (TPSA) is 84.5 Å². The number of carbonyl (C=O) groups is 3. The zero-order valence-corrected chi connectivity index (χ0v) is 23.9. The van der Waals surface area contributed by atoms with E-state index >= 15 is 0 Å². The third kappa shape index (κ3) is 8.25. The van der Waals surface area contributed by atoms with Crippen LogP contribution in [0, 0.1) is 11.2 Å². The van der Waals surface area contributed by atoms with E-state index in [0.717, 1.165) is 24.8 Å².